The lowest BCUT2D eigenvalue weighted by molar-refractivity contribution is 0.261. The van der Waals surface area contributed by atoms with Crippen molar-refractivity contribution in [3.05, 3.63) is 24.3 Å². The van der Waals surface area contributed by atoms with Gasteiger partial charge in [0.05, 0.1) is 8.22 Å². The van der Waals surface area contributed by atoms with Crippen LogP contribution in [0.2, 0.25) is 0 Å². The molecule has 0 radical (unpaired) electrons. The van der Waals surface area contributed by atoms with Crippen molar-refractivity contribution in [3.63, 3.8) is 0 Å². The van der Waals surface area contributed by atoms with Crippen LogP contribution in [0.5, 0.6) is 0 Å². The Hall–Kier alpha value is -0.460. The summed E-state index contributed by atoms with van der Waals surface area (Å²) >= 11 is 0. The topological polar surface area (TPSA) is 19.4 Å². The van der Waals surface area contributed by atoms with Crippen molar-refractivity contribution in [3.8, 4) is 0 Å². The van der Waals surface area contributed by atoms with Crippen LogP contribution in [0.4, 0.5) is 0 Å². The highest BCUT2D eigenvalue weighted by atomic mass is 31.1. The lowest BCUT2D eigenvalue weighted by Gasteiger charge is -2.46. The molecule has 5 heteroatoms. The highest BCUT2D eigenvalue weighted by Crippen LogP contribution is 2.55. The Morgan fingerprint density at radius 1 is 0.786 bits per heavy atom. The van der Waals surface area contributed by atoms with E-state index in [4.69, 9.17) is 4.75 Å². The van der Waals surface area contributed by atoms with Crippen molar-refractivity contribution in [2.75, 3.05) is 0 Å². The molecule has 1 aromatic carbocycles. The van der Waals surface area contributed by atoms with E-state index in [0.29, 0.717) is 24.2 Å². The van der Waals surface area contributed by atoms with Gasteiger partial charge in [-0.25, -0.2) is 4.75 Å². The lowest BCUT2D eigenvalue weighted by Crippen LogP contribution is -2.46. The fraction of sp³-hybridized carbons (Fsp3) is 0.696. The van der Waals surface area contributed by atoms with Gasteiger partial charge in [0.1, 0.15) is 5.44 Å². The molecule has 0 saturated heterocycles. The van der Waals surface area contributed by atoms with Crippen molar-refractivity contribution in [1.29, 1.82) is 0 Å². The maximum atomic E-state index is 5.53. The second-order valence-corrected chi connectivity index (χ2v) is 14.4. The highest BCUT2D eigenvalue weighted by Gasteiger charge is 2.37. The van der Waals surface area contributed by atoms with Crippen molar-refractivity contribution in [2.24, 2.45) is 0 Å². The zero-order chi connectivity index (χ0) is 21.4. The average Bonchev–Trinajstić information content (AvgIpc) is 2.92. The number of hydrogen-bond acceptors (Lipinski definition) is 3. The monoisotopic (exact) mass is 421 g/mol. The van der Waals surface area contributed by atoms with Gasteiger partial charge >= 0.3 is 0 Å². The second kappa shape index (κ2) is 9.13. The molecule has 0 aliphatic carbocycles. The van der Waals surface area contributed by atoms with E-state index < -0.39 is 15.9 Å². The van der Waals surface area contributed by atoms with E-state index in [0.717, 1.165) is 0 Å². The van der Waals surface area contributed by atoms with Crippen LogP contribution in [0.25, 0.3) is 10.5 Å². The van der Waals surface area contributed by atoms with Gasteiger partial charge in [-0.3, -0.25) is 9.34 Å². The quantitative estimate of drug-likeness (QED) is 0.443. The minimum Gasteiger partial charge on any atom is -0.260 e. The Morgan fingerprint density at radius 3 is 1.61 bits per heavy atom. The molecule has 0 fully saturated rings. The molecule has 0 amide bonds. The fourth-order valence-electron chi connectivity index (χ4n) is 4.11. The third-order valence-corrected chi connectivity index (χ3v) is 11.1. The van der Waals surface area contributed by atoms with Crippen molar-refractivity contribution in [2.45, 2.75) is 105 Å². The van der Waals surface area contributed by atoms with E-state index in [1.54, 1.807) is 0 Å². The summed E-state index contributed by atoms with van der Waals surface area (Å²) < 4.78 is 11.0. The standard InChI is InChI=1S/C23H41N3P2/c1-16(2)25(17(3)4)28(26(18(5)6)19(7)8)22-20-14-12-13-15-21(20)27(24-22)23(9,10)11/h12-19H,1-11H3. The number of fused-ring (bicyclic) bond motifs is 1. The Kier molecular flexibility index (Phi) is 7.77. The first-order valence-electron chi connectivity index (χ1n) is 10.7. The van der Waals surface area contributed by atoms with E-state index >= 15 is 0 Å². The summed E-state index contributed by atoms with van der Waals surface area (Å²) in [6, 6.07) is 10.9. The molecule has 3 nitrogen and oxygen atoms in total. The van der Waals surface area contributed by atoms with E-state index in [-0.39, 0.29) is 5.16 Å². The fourth-order valence-corrected chi connectivity index (χ4v) is 9.69. The van der Waals surface area contributed by atoms with Crippen LogP contribution in [0.1, 0.15) is 76.2 Å². The third kappa shape index (κ3) is 4.81. The molecule has 0 N–H and O–H groups in total. The largest absolute Gasteiger partial charge is 0.260 e. The normalized spacial score (nSPS) is 14.3. The first-order valence-corrected chi connectivity index (χ1v) is 13.3. The molecule has 28 heavy (non-hydrogen) atoms. The zero-order valence-electron chi connectivity index (χ0n) is 19.9. The Labute approximate surface area is 175 Å². The second-order valence-electron chi connectivity index (χ2n) is 9.85. The molecule has 0 bridgehead atoms. The van der Waals surface area contributed by atoms with Crippen LogP contribution in [-0.4, -0.2) is 38.3 Å². The Bertz CT molecular complexity index is 736. The summed E-state index contributed by atoms with van der Waals surface area (Å²) in [4.78, 5) is 0. The third-order valence-electron chi connectivity index (χ3n) is 4.95. The van der Waals surface area contributed by atoms with E-state index in [1.165, 1.54) is 15.9 Å². The Morgan fingerprint density at radius 2 is 1.21 bits per heavy atom. The van der Waals surface area contributed by atoms with Crippen LogP contribution >= 0.6 is 15.9 Å². The molecule has 0 aliphatic heterocycles. The summed E-state index contributed by atoms with van der Waals surface area (Å²) in [6.07, 6.45) is 0. The summed E-state index contributed by atoms with van der Waals surface area (Å²) in [5.41, 5.74) is 1.34. The number of benzene rings is 1. The number of aromatic nitrogens is 1. The van der Waals surface area contributed by atoms with Crippen molar-refractivity contribution >= 4 is 31.9 Å². The maximum Gasteiger partial charge on any atom is 0.106 e. The Balaban J connectivity index is 2.84. The van der Waals surface area contributed by atoms with Gasteiger partial charge in [0.2, 0.25) is 0 Å². The van der Waals surface area contributed by atoms with Crippen LogP contribution in [0, 0.1) is 0 Å². The molecule has 2 aromatic rings. The van der Waals surface area contributed by atoms with Crippen molar-refractivity contribution < 1.29 is 0 Å². The molecule has 1 aromatic heterocycles. The van der Waals surface area contributed by atoms with Crippen LogP contribution in [0.3, 0.4) is 0 Å². The summed E-state index contributed by atoms with van der Waals surface area (Å²) in [7, 11) is -1.22. The van der Waals surface area contributed by atoms with Crippen LogP contribution < -0.4 is 5.44 Å². The van der Waals surface area contributed by atoms with Crippen LogP contribution in [0.15, 0.2) is 24.3 Å². The summed E-state index contributed by atoms with van der Waals surface area (Å²) in [5.74, 6) is 0. The smallest absolute Gasteiger partial charge is 0.106 e. The molecule has 0 aliphatic rings. The zero-order valence-corrected chi connectivity index (χ0v) is 21.6. The summed E-state index contributed by atoms with van der Waals surface area (Å²) in [5, 5.41) is 3.04. The molecule has 1 atom stereocenters. The first-order chi connectivity index (χ1) is 12.9. The predicted molar refractivity (Wildman–Crippen MR) is 130 cm³/mol. The average molecular weight is 422 g/mol. The van der Waals surface area contributed by atoms with Gasteiger partial charge < -0.3 is 0 Å². The van der Waals surface area contributed by atoms with Gasteiger partial charge in [0.15, 0.2) is 0 Å². The molecule has 1 heterocycles. The van der Waals surface area contributed by atoms with Gasteiger partial charge in [-0.2, -0.15) is 0 Å². The molecule has 0 saturated carbocycles. The molecule has 2 rings (SSSR count). The maximum absolute atomic E-state index is 5.53. The minimum atomic E-state index is -0.674. The van der Waals surface area contributed by atoms with Crippen LogP contribution in [-0.2, 0) is 5.16 Å². The van der Waals surface area contributed by atoms with E-state index in [1.807, 2.05) is 0 Å². The van der Waals surface area contributed by atoms with E-state index in [9.17, 15) is 0 Å². The molecule has 158 valence electrons. The predicted octanol–water partition coefficient (Wildman–Crippen LogP) is 7.15. The SMILES string of the molecule is CC(C)N(C(C)C)P(c1np(C(C)(C)C)c2ccccc12)N(C(C)C)C(C)C. The van der Waals surface area contributed by atoms with Gasteiger partial charge in [0.25, 0.3) is 0 Å². The van der Waals surface area contributed by atoms with Gasteiger partial charge in [-0.1, -0.05) is 39.0 Å². The number of rotatable bonds is 7. The van der Waals surface area contributed by atoms with E-state index in [2.05, 4.69) is 110 Å². The van der Waals surface area contributed by atoms with Gasteiger partial charge in [-0.05, 0) is 69.1 Å². The summed E-state index contributed by atoms with van der Waals surface area (Å²) in [6.45, 7) is 25.7. The van der Waals surface area contributed by atoms with Gasteiger partial charge in [0, 0.05) is 39.8 Å². The molecular weight excluding hydrogens is 380 g/mol. The number of nitrogens with zero attached hydrogens (tertiary/aromatic N) is 3. The van der Waals surface area contributed by atoms with Gasteiger partial charge in [-0.15, -0.1) is 0 Å². The van der Waals surface area contributed by atoms with Crippen molar-refractivity contribution in [1.82, 2.24) is 14.1 Å². The molecular formula is C23H41N3P2. The number of hydrogen-bond donors (Lipinski definition) is 0. The lowest BCUT2D eigenvalue weighted by atomic mass is 10.3. The minimum absolute atomic E-state index is 0.176. The first kappa shape index (κ1) is 23.8. The molecule has 1 unspecified atom stereocenters. The molecule has 0 spiro atoms. The highest BCUT2D eigenvalue weighted by molar-refractivity contribution is 7.63.